The highest BCUT2D eigenvalue weighted by molar-refractivity contribution is 5.80. The number of aromatic nitrogens is 4. The molecule has 1 amide bonds. The molecule has 0 radical (unpaired) electrons. The van der Waals surface area contributed by atoms with Gasteiger partial charge in [0, 0.05) is 36.8 Å². The monoisotopic (exact) mass is 501 g/mol. The van der Waals surface area contributed by atoms with Crippen LogP contribution in [0.2, 0.25) is 0 Å². The molecule has 1 N–H and O–H groups in total. The molecule has 9 heteroatoms. The second-order valence-corrected chi connectivity index (χ2v) is 9.39. The van der Waals surface area contributed by atoms with Crippen molar-refractivity contribution in [3.63, 3.8) is 0 Å². The smallest absolute Gasteiger partial charge is 0.349 e. The molecule has 0 aliphatic heterocycles. The van der Waals surface area contributed by atoms with E-state index in [1.165, 1.54) is 4.90 Å². The molecule has 2 aromatic carbocycles. The Kier molecular flexibility index (Phi) is 7.52. The van der Waals surface area contributed by atoms with Crippen LogP contribution in [0.25, 0.3) is 22.5 Å². The predicted molar refractivity (Wildman–Crippen MR) is 141 cm³/mol. The molecule has 0 saturated carbocycles. The number of H-pyrrole nitrogens is 1. The Morgan fingerprint density at radius 3 is 2.35 bits per heavy atom. The highest BCUT2D eigenvalue weighted by Crippen LogP contribution is 2.30. The summed E-state index contributed by atoms with van der Waals surface area (Å²) in [7, 11) is 3.36. The number of likely N-dealkylation sites (N-methyl/N-ethyl adjacent to an activating group) is 1. The minimum atomic E-state index is -0.610. The second-order valence-electron chi connectivity index (χ2n) is 9.39. The van der Waals surface area contributed by atoms with E-state index in [0.717, 1.165) is 34.5 Å². The summed E-state index contributed by atoms with van der Waals surface area (Å²) >= 11 is 0. The van der Waals surface area contributed by atoms with E-state index < -0.39 is 5.76 Å². The van der Waals surface area contributed by atoms with Crippen LogP contribution in [-0.4, -0.2) is 44.6 Å². The van der Waals surface area contributed by atoms with Gasteiger partial charge in [-0.1, -0.05) is 67.5 Å². The molecule has 0 saturated heterocycles. The van der Waals surface area contributed by atoms with Crippen molar-refractivity contribution in [2.24, 2.45) is 0 Å². The number of nitrogens with zero attached hydrogens (tertiary/aromatic N) is 4. The third kappa shape index (κ3) is 5.45. The van der Waals surface area contributed by atoms with Crippen molar-refractivity contribution in [3.05, 3.63) is 92.1 Å². The lowest BCUT2D eigenvalue weighted by Crippen LogP contribution is -2.34. The Bertz CT molecular complexity index is 1530. The summed E-state index contributed by atoms with van der Waals surface area (Å²) in [6.07, 6.45) is 0.854. The van der Waals surface area contributed by atoms with Crippen molar-refractivity contribution in [2.45, 2.75) is 46.1 Å². The summed E-state index contributed by atoms with van der Waals surface area (Å²) in [6.45, 7) is 6.25. The minimum Gasteiger partial charge on any atom is -0.349 e. The van der Waals surface area contributed by atoms with Crippen LogP contribution in [0, 0.1) is 6.92 Å². The first kappa shape index (κ1) is 25.8. The molecule has 4 aromatic rings. The molecule has 0 aliphatic carbocycles. The number of amides is 1. The van der Waals surface area contributed by atoms with Gasteiger partial charge in [-0.25, -0.2) is 9.78 Å². The number of hydrogen-bond acceptors (Lipinski definition) is 6. The van der Waals surface area contributed by atoms with Gasteiger partial charge in [0.15, 0.2) is 5.82 Å². The number of carbonyl (C=O) groups excluding carboxylic acids is 1. The fourth-order valence-electron chi connectivity index (χ4n) is 4.21. The molecule has 192 valence electrons. The Morgan fingerprint density at radius 1 is 1.08 bits per heavy atom. The second kappa shape index (κ2) is 10.8. The van der Waals surface area contributed by atoms with E-state index in [1.807, 2.05) is 48.5 Å². The zero-order chi connectivity index (χ0) is 26.7. The third-order valence-corrected chi connectivity index (χ3v) is 6.61. The molecule has 1 unspecified atom stereocenters. The van der Waals surface area contributed by atoms with Crippen molar-refractivity contribution in [3.8, 4) is 22.5 Å². The highest BCUT2D eigenvalue weighted by atomic mass is 16.5. The van der Waals surface area contributed by atoms with Crippen LogP contribution in [0.3, 0.4) is 0 Å². The van der Waals surface area contributed by atoms with Crippen molar-refractivity contribution >= 4 is 5.91 Å². The minimum absolute atomic E-state index is 0.0192. The van der Waals surface area contributed by atoms with E-state index in [9.17, 15) is 14.4 Å². The molecule has 9 nitrogen and oxygen atoms in total. The van der Waals surface area contributed by atoms with Crippen LogP contribution in [0.5, 0.6) is 0 Å². The Morgan fingerprint density at radius 2 is 1.76 bits per heavy atom. The van der Waals surface area contributed by atoms with Gasteiger partial charge in [0.05, 0.1) is 13.0 Å². The fourth-order valence-corrected chi connectivity index (χ4v) is 4.21. The van der Waals surface area contributed by atoms with Crippen LogP contribution in [0.1, 0.15) is 48.8 Å². The molecule has 4 rings (SSSR count). The summed E-state index contributed by atoms with van der Waals surface area (Å²) in [4.78, 5) is 46.3. The Labute approximate surface area is 214 Å². The zero-order valence-corrected chi connectivity index (χ0v) is 21.7. The van der Waals surface area contributed by atoms with E-state index in [-0.39, 0.29) is 23.8 Å². The average molecular weight is 502 g/mol. The van der Waals surface area contributed by atoms with Crippen molar-refractivity contribution in [1.82, 2.24) is 24.6 Å². The van der Waals surface area contributed by atoms with Crippen LogP contribution in [-0.2, 0) is 17.8 Å². The summed E-state index contributed by atoms with van der Waals surface area (Å²) < 4.78 is 6.37. The number of hydrogen-bond donors (Lipinski definition) is 1. The number of nitrogens with one attached hydrogen (secondary N) is 1. The van der Waals surface area contributed by atoms with Crippen LogP contribution < -0.4 is 11.3 Å². The largest absolute Gasteiger partial charge is 0.439 e. The lowest BCUT2D eigenvalue weighted by molar-refractivity contribution is -0.128. The average Bonchev–Trinajstić information content (AvgIpc) is 3.33. The first-order valence-electron chi connectivity index (χ1n) is 12.2. The van der Waals surface area contributed by atoms with E-state index in [0.29, 0.717) is 23.6 Å². The fraction of sp³-hybridized carbons (Fsp3) is 0.321. The van der Waals surface area contributed by atoms with Crippen molar-refractivity contribution < 1.29 is 9.32 Å². The van der Waals surface area contributed by atoms with E-state index in [1.54, 1.807) is 25.6 Å². The van der Waals surface area contributed by atoms with E-state index in [4.69, 9.17) is 4.98 Å². The normalized spacial score (nSPS) is 11.9. The standard InChI is InChI=1S/C28H31N5O4/c1-6-17(2)26-29-18(3)23(15-24(34)32(4)5)27(35)33(26)16-19-11-13-20(14-12-19)21-9-7-8-10-22(21)25-30-28(36)37-31-25/h7-14,17H,6,15-16H2,1-5H3,(H,30,31,36). The maximum atomic E-state index is 13.6. The molecule has 2 heterocycles. The number of aromatic amines is 1. The van der Waals surface area contributed by atoms with Gasteiger partial charge in [-0.3, -0.25) is 23.7 Å². The van der Waals surface area contributed by atoms with Gasteiger partial charge in [0.1, 0.15) is 5.82 Å². The summed E-state index contributed by atoms with van der Waals surface area (Å²) in [5.74, 6) is 0.415. The first-order valence-corrected chi connectivity index (χ1v) is 12.2. The lowest BCUT2D eigenvalue weighted by Gasteiger charge is -2.20. The van der Waals surface area contributed by atoms with Gasteiger partial charge in [0.25, 0.3) is 5.56 Å². The summed E-state index contributed by atoms with van der Waals surface area (Å²) in [5.41, 5.74) is 4.34. The Balaban J connectivity index is 1.71. The van der Waals surface area contributed by atoms with E-state index in [2.05, 4.69) is 28.5 Å². The van der Waals surface area contributed by atoms with Crippen LogP contribution in [0.15, 0.2) is 62.6 Å². The van der Waals surface area contributed by atoms with Crippen LogP contribution >= 0.6 is 0 Å². The Hall–Kier alpha value is -4.27. The molecule has 0 fully saturated rings. The van der Waals surface area contributed by atoms with Gasteiger partial charge in [-0.2, -0.15) is 0 Å². The zero-order valence-electron chi connectivity index (χ0n) is 21.7. The summed E-state index contributed by atoms with van der Waals surface area (Å²) in [6, 6.07) is 15.5. The van der Waals surface area contributed by atoms with Gasteiger partial charge < -0.3 is 4.90 Å². The molecule has 0 aliphatic rings. The van der Waals surface area contributed by atoms with Crippen molar-refractivity contribution in [1.29, 1.82) is 0 Å². The molecule has 37 heavy (non-hydrogen) atoms. The van der Waals surface area contributed by atoms with Crippen molar-refractivity contribution in [2.75, 3.05) is 14.1 Å². The molecule has 0 bridgehead atoms. The van der Waals surface area contributed by atoms with Gasteiger partial charge in [-0.15, -0.1) is 0 Å². The van der Waals surface area contributed by atoms with Gasteiger partial charge >= 0.3 is 5.76 Å². The summed E-state index contributed by atoms with van der Waals surface area (Å²) in [5, 5.41) is 3.82. The number of benzene rings is 2. The SMILES string of the molecule is CCC(C)c1nc(C)c(CC(=O)N(C)C)c(=O)n1Cc1ccc(-c2ccccc2-c2noc(=O)[nH]2)cc1. The number of carbonyl (C=O) groups is 1. The maximum Gasteiger partial charge on any atom is 0.439 e. The van der Waals surface area contributed by atoms with Gasteiger partial charge in [-0.05, 0) is 30.0 Å². The first-order chi connectivity index (χ1) is 17.7. The molecule has 2 aromatic heterocycles. The topological polar surface area (TPSA) is 114 Å². The molecule has 0 spiro atoms. The molecular formula is C28H31N5O4. The number of aryl methyl sites for hydroxylation is 1. The third-order valence-electron chi connectivity index (χ3n) is 6.61. The van der Waals surface area contributed by atoms with Crippen LogP contribution in [0.4, 0.5) is 0 Å². The lowest BCUT2D eigenvalue weighted by atomic mass is 9.98. The molecule has 1 atom stereocenters. The highest BCUT2D eigenvalue weighted by Gasteiger charge is 2.20. The van der Waals surface area contributed by atoms with E-state index >= 15 is 0 Å². The maximum absolute atomic E-state index is 13.6. The number of rotatable bonds is 8. The molecular weight excluding hydrogens is 470 g/mol. The van der Waals surface area contributed by atoms with Gasteiger partial charge in [0.2, 0.25) is 5.91 Å². The quantitative estimate of drug-likeness (QED) is 0.393. The predicted octanol–water partition coefficient (Wildman–Crippen LogP) is 3.75.